The van der Waals surface area contributed by atoms with Crippen LogP contribution in [-0.4, -0.2) is 63.4 Å². The third-order valence-electron chi connectivity index (χ3n) is 5.68. The first-order valence-corrected chi connectivity index (χ1v) is 9.60. The molecule has 144 valence electrons. The molecule has 2 saturated heterocycles. The van der Waals surface area contributed by atoms with E-state index in [1.807, 2.05) is 24.3 Å². The number of carbonyl (C=O) groups is 1. The Morgan fingerprint density at radius 1 is 1.31 bits per heavy atom. The van der Waals surface area contributed by atoms with Gasteiger partial charge in [-0.15, -0.1) is 0 Å². The first-order chi connectivity index (χ1) is 12.6. The minimum absolute atomic E-state index is 0.0611. The standard InChI is InChI=1S/C20H31N3O3/c1-21-19(24)20(22-17-4-3-5-18(14-17)25-2)8-10-23(11-9-20)15-16-6-12-26-13-7-16/h3-5,14,16,22H,6-13,15H2,1-2H3,(H,21,24). The molecule has 0 radical (unpaired) electrons. The number of nitrogens with zero attached hydrogens (tertiary/aromatic N) is 1. The summed E-state index contributed by atoms with van der Waals surface area (Å²) in [6.45, 7) is 4.76. The summed E-state index contributed by atoms with van der Waals surface area (Å²) >= 11 is 0. The highest BCUT2D eigenvalue weighted by Crippen LogP contribution is 2.30. The van der Waals surface area contributed by atoms with Gasteiger partial charge in [0.05, 0.1) is 7.11 Å². The average Bonchev–Trinajstić information content (AvgIpc) is 2.70. The predicted octanol–water partition coefficient (Wildman–Crippen LogP) is 2.11. The molecule has 2 aliphatic heterocycles. The molecule has 6 heteroatoms. The van der Waals surface area contributed by atoms with E-state index in [9.17, 15) is 4.79 Å². The molecule has 0 bridgehead atoms. The van der Waals surface area contributed by atoms with Crippen LogP contribution >= 0.6 is 0 Å². The maximum absolute atomic E-state index is 12.7. The zero-order chi connectivity index (χ0) is 18.4. The average molecular weight is 361 g/mol. The Kier molecular flexibility index (Phi) is 6.38. The molecular formula is C20H31N3O3. The number of benzene rings is 1. The lowest BCUT2D eigenvalue weighted by Gasteiger charge is -2.42. The SMILES string of the molecule is CNC(=O)C1(Nc2cccc(OC)c2)CCN(CC2CCOCC2)CC1. The van der Waals surface area contributed by atoms with Crippen LogP contribution in [0, 0.1) is 5.92 Å². The van der Waals surface area contributed by atoms with E-state index in [0.717, 1.165) is 75.9 Å². The quantitative estimate of drug-likeness (QED) is 0.813. The maximum atomic E-state index is 12.7. The van der Waals surface area contributed by atoms with Gasteiger partial charge in [0.15, 0.2) is 0 Å². The van der Waals surface area contributed by atoms with Gasteiger partial charge in [-0.2, -0.15) is 0 Å². The van der Waals surface area contributed by atoms with Crippen molar-refractivity contribution in [1.29, 1.82) is 0 Å². The minimum Gasteiger partial charge on any atom is -0.497 e. The summed E-state index contributed by atoms with van der Waals surface area (Å²) in [6, 6.07) is 7.79. The van der Waals surface area contributed by atoms with Crippen molar-refractivity contribution in [2.75, 3.05) is 52.3 Å². The van der Waals surface area contributed by atoms with E-state index < -0.39 is 5.54 Å². The van der Waals surface area contributed by atoms with Gasteiger partial charge < -0.3 is 25.0 Å². The van der Waals surface area contributed by atoms with E-state index in [0.29, 0.717) is 0 Å². The molecule has 2 fully saturated rings. The summed E-state index contributed by atoms with van der Waals surface area (Å²) in [7, 11) is 3.37. The van der Waals surface area contributed by atoms with Crippen LogP contribution in [0.3, 0.4) is 0 Å². The monoisotopic (exact) mass is 361 g/mol. The van der Waals surface area contributed by atoms with E-state index >= 15 is 0 Å². The van der Waals surface area contributed by atoms with Crippen molar-refractivity contribution in [1.82, 2.24) is 10.2 Å². The second-order valence-electron chi connectivity index (χ2n) is 7.37. The van der Waals surface area contributed by atoms with Gasteiger partial charge in [-0.1, -0.05) is 6.07 Å². The first kappa shape index (κ1) is 19.0. The molecule has 26 heavy (non-hydrogen) atoms. The lowest BCUT2D eigenvalue weighted by molar-refractivity contribution is -0.126. The van der Waals surface area contributed by atoms with Crippen LogP contribution in [0.2, 0.25) is 0 Å². The third-order valence-corrected chi connectivity index (χ3v) is 5.68. The molecule has 2 aliphatic rings. The molecule has 2 heterocycles. The lowest BCUT2D eigenvalue weighted by atomic mass is 9.85. The minimum atomic E-state index is -0.562. The fraction of sp³-hybridized carbons (Fsp3) is 0.650. The number of ether oxygens (including phenoxy) is 2. The Bertz CT molecular complexity index is 594. The number of likely N-dealkylation sites (N-methyl/N-ethyl adjacent to an activating group) is 1. The van der Waals surface area contributed by atoms with Crippen molar-refractivity contribution >= 4 is 11.6 Å². The number of rotatable bonds is 6. The van der Waals surface area contributed by atoms with Crippen molar-refractivity contribution < 1.29 is 14.3 Å². The largest absolute Gasteiger partial charge is 0.497 e. The van der Waals surface area contributed by atoms with Crippen molar-refractivity contribution in [2.24, 2.45) is 5.92 Å². The molecule has 1 aromatic rings. The van der Waals surface area contributed by atoms with Crippen LogP contribution in [0.25, 0.3) is 0 Å². The molecule has 0 spiro atoms. The number of likely N-dealkylation sites (tertiary alicyclic amines) is 1. The van der Waals surface area contributed by atoms with Gasteiger partial charge in [-0.25, -0.2) is 0 Å². The summed E-state index contributed by atoms with van der Waals surface area (Å²) < 4.78 is 10.8. The fourth-order valence-corrected chi connectivity index (χ4v) is 4.04. The van der Waals surface area contributed by atoms with E-state index in [2.05, 4.69) is 15.5 Å². The first-order valence-electron chi connectivity index (χ1n) is 9.60. The van der Waals surface area contributed by atoms with Crippen molar-refractivity contribution in [3.63, 3.8) is 0 Å². The highest BCUT2D eigenvalue weighted by atomic mass is 16.5. The molecule has 1 aromatic carbocycles. The van der Waals surface area contributed by atoms with Crippen molar-refractivity contribution in [3.05, 3.63) is 24.3 Å². The summed E-state index contributed by atoms with van der Waals surface area (Å²) in [5.74, 6) is 1.58. The fourth-order valence-electron chi connectivity index (χ4n) is 4.04. The molecule has 0 atom stereocenters. The number of nitrogens with one attached hydrogen (secondary N) is 2. The number of methoxy groups -OCH3 is 1. The second kappa shape index (κ2) is 8.73. The number of anilines is 1. The summed E-state index contributed by atoms with van der Waals surface area (Å²) in [5.41, 5.74) is 0.360. The molecule has 1 amide bonds. The molecule has 0 aliphatic carbocycles. The van der Waals surface area contributed by atoms with Gasteiger partial charge in [0.25, 0.3) is 0 Å². The molecule has 0 saturated carbocycles. The van der Waals surface area contributed by atoms with E-state index in [1.54, 1.807) is 14.2 Å². The van der Waals surface area contributed by atoms with Crippen LogP contribution in [0.5, 0.6) is 5.75 Å². The van der Waals surface area contributed by atoms with Crippen LogP contribution in [0.4, 0.5) is 5.69 Å². The van der Waals surface area contributed by atoms with Crippen LogP contribution < -0.4 is 15.4 Å². The predicted molar refractivity (Wildman–Crippen MR) is 103 cm³/mol. The second-order valence-corrected chi connectivity index (χ2v) is 7.37. The number of piperidine rings is 1. The van der Waals surface area contributed by atoms with Gasteiger partial charge in [0.2, 0.25) is 5.91 Å². The van der Waals surface area contributed by atoms with Crippen LogP contribution in [0.1, 0.15) is 25.7 Å². The van der Waals surface area contributed by atoms with Gasteiger partial charge in [-0.3, -0.25) is 4.79 Å². The number of hydrogen-bond donors (Lipinski definition) is 2. The van der Waals surface area contributed by atoms with Crippen LogP contribution in [0.15, 0.2) is 24.3 Å². The normalized spacial score (nSPS) is 21.2. The topological polar surface area (TPSA) is 62.8 Å². The highest BCUT2D eigenvalue weighted by Gasteiger charge is 2.41. The summed E-state index contributed by atoms with van der Waals surface area (Å²) in [6.07, 6.45) is 3.90. The van der Waals surface area contributed by atoms with E-state index in [4.69, 9.17) is 9.47 Å². The number of carbonyl (C=O) groups excluding carboxylic acids is 1. The molecule has 6 nitrogen and oxygen atoms in total. The third kappa shape index (κ3) is 4.48. The smallest absolute Gasteiger partial charge is 0.245 e. The zero-order valence-electron chi connectivity index (χ0n) is 15.9. The zero-order valence-corrected chi connectivity index (χ0v) is 15.9. The van der Waals surface area contributed by atoms with Gasteiger partial charge >= 0.3 is 0 Å². The maximum Gasteiger partial charge on any atom is 0.245 e. The summed E-state index contributed by atoms with van der Waals surface area (Å²) in [5, 5.41) is 6.36. The molecular weight excluding hydrogens is 330 g/mol. The Labute approximate surface area is 156 Å². The Hall–Kier alpha value is -1.79. The molecule has 2 N–H and O–H groups in total. The van der Waals surface area contributed by atoms with E-state index in [-0.39, 0.29) is 5.91 Å². The highest BCUT2D eigenvalue weighted by molar-refractivity contribution is 5.89. The lowest BCUT2D eigenvalue weighted by Crippen LogP contribution is -2.58. The van der Waals surface area contributed by atoms with Gasteiger partial charge in [0, 0.05) is 51.6 Å². The Morgan fingerprint density at radius 3 is 2.69 bits per heavy atom. The van der Waals surface area contributed by atoms with Crippen molar-refractivity contribution in [2.45, 2.75) is 31.2 Å². The van der Waals surface area contributed by atoms with Crippen molar-refractivity contribution in [3.8, 4) is 5.75 Å². The molecule has 3 rings (SSSR count). The van der Waals surface area contributed by atoms with Gasteiger partial charge in [-0.05, 0) is 43.7 Å². The van der Waals surface area contributed by atoms with Gasteiger partial charge in [0.1, 0.15) is 11.3 Å². The number of hydrogen-bond acceptors (Lipinski definition) is 5. The molecule has 0 unspecified atom stereocenters. The van der Waals surface area contributed by atoms with E-state index in [1.165, 1.54) is 0 Å². The number of amides is 1. The molecule has 0 aromatic heterocycles. The Morgan fingerprint density at radius 2 is 2.04 bits per heavy atom. The summed E-state index contributed by atoms with van der Waals surface area (Å²) in [4.78, 5) is 15.2. The Balaban J connectivity index is 1.64. The van der Waals surface area contributed by atoms with Crippen LogP contribution in [-0.2, 0) is 9.53 Å².